The summed E-state index contributed by atoms with van der Waals surface area (Å²) >= 11 is 0. The van der Waals surface area contributed by atoms with Crippen LogP contribution in [0, 0.1) is 0 Å². The number of hydrogen-bond acceptors (Lipinski definition) is 2. The second-order valence-corrected chi connectivity index (χ2v) is 4.58. The van der Waals surface area contributed by atoms with Gasteiger partial charge in [-0.1, -0.05) is 31.2 Å². The van der Waals surface area contributed by atoms with Crippen LogP contribution in [0.4, 0.5) is 0 Å². The molecule has 18 heavy (non-hydrogen) atoms. The minimum atomic E-state index is 0.821. The molecule has 3 nitrogen and oxygen atoms in total. The van der Waals surface area contributed by atoms with Crippen molar-refractivity contribution in [1.82, 2.24) is 5.43 Å². The van der Waals surface area contributed by atoms with Gasteiger partial charge in [0.1, 0.15) is 5.84 Å². The van der Waals surface area contributed by atoms with Crippen molar-refractivity contribution in [3.8, 4) is 0 Å². The van der Waals surface area contributed by atoms with Crippen LogP contribution < -0.4 is 11.3 Å². The molecule has 1 aromatic rings. The quantitative estimate of drug-likeness (QED) is 0.371. The van der Waals surface area contributed by atoms with Gasteiger partial charge in [0.15, 0.2) is 0 Å². The summed E-state index contributed by atoms with van der Waals surface area (Å²) in [5.41, 5.74) is 8.04. The summed E-state index contributed by atoms with van der Waals surface area (Å²) in [6, 6.07) is 8.83. The fourth-order valence-corrected chi connectivity index (χ4v) is 2.55. The Bertz CT molecular complexity index is 469. The van der Waals surface area contributed by atoms with Gasteiger partial charge in [-0.3, -0.25) is 4.99 Å². The lowest BCUT2D eigenvalue weighted by Gasteiger charge is -2.10. The van der Waals surface area contributed by atoms with Crippen molar-refractivity contribution >= 4 is 11.4 Å². The first kappa shape index (κ1) is 12.8. The zero-order valence-electron chi connectivity index (χ0n) is 11.2. The number of nitrogens with one attached hydrogen (secondary N) is 1. The van der Waals surface area contributed by atoms with E-state index in [9.17, 15) is 0 Å². The number of nitrogens with two attached hydrogens (primary N) is 1. The Morgan fingerprint density at radius 3 is 2.56 bits per heavy atom. The number of allylic oxidation sites excluding steroid dienone is 1. The van der Waals surface area contributed by atoms with Gasteiger partial charge in [-0.2, -0.15) is 0 Å². The van der Waals surface area contributed by atoms with E-state index in [1.165, 1.54) is 28.7 Å². The summed E-state index contributed by atoms with van der Waals surface area (Å²) in [7, 11) is 1.78. The lowest BCUT2D eigenvalue weighted by molar-refractivity contribution is 0.911. The van der Waals surface area contributed by atoms with E-state index < -0.39 is 0 Å². The summed E-state index contributed by atoms with van der Waals surface area (Å²) in [5.74, 6) is 6.36. The topological polar surface area (TPSA) is 50.4 Å². The predicted octanol–water partition coefficient (Wildman–Crippen LogP) is 2.68. The molecule has 96 valence electrons. The number of aryl methyl sites for hydroxylation is 1. The highest BCUT2D eigenvalue weighted by molar-refractivity contribution is 6.05. The molecule has 0 amide bonds. The molecule has 0 saturated carbocycles. The van der Waals surface area contributed by atoms with Crippen molar-refractivity contribution in [1.29, 1.82) is 0 Å². The van der Waals surface area contributed by atoms with Crippen LogP contribution in [0.1, 0.15) is 37.3 Å². The molecule has 3 N–H and O–H groups in total. The zero-order chi connectivity index (χ0) is 13.0. The average Bonchev–Trinajstić information content (AvgIpc) is 2.90. The van der Waals surface area contributed by atoms with Crippen LogP contribution >= 0.6 is 0 Å². The van der Waals surface area contributed by atoms with Gasteiger partial charge in [0.25, 0.3) is 0 Å². The molecule has 0 unspecified atom stereocenters. The maximum absolute atomic E-state index is 5.53. The highest BCUT2D eigenvalue weighted by atomic mass is 15.2. The summed E-state index contributed by atoms with van der Waals surface area (Å²) in [6.07, 6.45) is 4.43. The number of hydrazine groups is 1. The number of rotatable bonds is 3. The second-order valence-electron chi connectivity index (χ2n) is 4.58. The standard InChI is InChI=1S/C15H21N3/c1-3-11-7-9-12(10-8-11)13-5-4-6-14(13)15(17-2)18-16/h7-10H,3-6,16H2,1-2H3,(H,17,18). The molecular weight excluding hydrogens is 222 g/mol. The first-order valence-corrected chi connectivity index (χ1v) is 6.55. The third-order valence-corrected chi connectivity index (χ3v) is 3.57. The van der Waals surface area contributed by atoms with Crippen molar-refractivity contribution < 1.29 is 0 Å². The Morgan fingerprint density at radius 1 is 1.28 bits per heavy atom. The van der Waals surface area contributed by atoms with Crippen LogP contribution in [-0.2, 0) is 6.42 Å². The Kier molecular flexibility index (Phi) is 4.15. The van der Waals surface area contributed by atoms with E-state index in [2.05, 4.69) is 41.6 Å². The van der Waals surface area contributed by atoms with E-state index in [-0.39, 0.29) is 0 Å². The Hall–Kier alpha value is -1.61. The largest absolute Gasteiger partial charge is 0.309 e. The smallest absolute Gasteiger partial charge is 0.138 e. The van der Waals surface area contributed by atoms with Crippen LogP contribution in [0.2, 0.25) is 0 Å². The molecule has 0 bridgehead atoms. The van der Waals surface area contributed by atoms with Crippen molar-refractivity contribution in [2.75, 3.05) is 7.05 Å². The van der Waals surface area contributed by atoms with Gasteiger partial charge in [-0.15, -0.1) is 0 Å². The van der Waals surface area contributed by atoms with Crippen molar-refractivity contribution in [2.24, 2.45) is 10.8 Å². The van der Waals surface area contributed by atoms with E-state index in [0.717, 1.165) is 25.1 Å². The predicted molar refractivity (Wildman–Crippen MR) is 77.3 cm³/mol. The third kappa shape index (κ3) is 2.46. The number of nitrogens with zero attached hydrogens (tertiary/aromatic N) is 1. The van der Waals surface area contributed by atoms with Crippen LogP contribution in [0.15, 0.2) is 34.8 Å². The van der Waals surface area contributed by atoms with Gasteiger partial charge < -0.3 is 5.43 Å². The fourth-order valence-electron chi connectivity index (χ4n) is 2.55. The second kappa shape index (κ2) is 5.83. The molecule has 1 aromatic carbocycles. The first-order chi connectivity index (χ1) is 8.80. The molecule has 1 aliphatic rings. The minimum absolute atomic E-state index is 0.821. The maximum atomic E-state index is 5.53. The highest BCUT2D eigenvalue weighted by Gasteiger charge is 2.19. The molecule has 0 heterocycles. The van der Waals surface area contributed by atoms with E-state index >= 15 is 0 Å². The van der Waals surface area contributed by atoms with Gasteiger partial charge in [-0.25, -0.2) is 5.84 Å². The fraction of sp³-hybridized carbons (Fsp3) is 0.400. The average molecular weight is 243 g/mol. The molecular formula is C15H21N3. The number of benzene rings is 1. The van der Waals surface area contributed by atoms with Crippen LogP contribution in [0.5, 0.6) is 0 Å². The molecule has 2 rings (SSSR count). The SMILES string of the molecule is CCc1ccc(C2=C(C(=NC)NN)CCC2)cc1. The first-order valence-electron chi connectivity index (χ1n) is 6.55. The van der Waals surface area contributed by atoms with Crippen LogP contribution in [-0.4, -0.2) is 12.9 Å². The monoisotopic (exact) mass is 243 g/mol. The highest BCUT2D eigenvalue weighted by Crippen LogP contribution is 2.34. The van der Waals surface area contributed by atoms with E-state index in [1.54, 1.807) is 7.05 Å². The van der Waals surface area contributed by atoms with Crippen molar-refractivity contribution in [3.63, 3.8) is 0 Å². The maximum Gasteiger partial charge on any atom is 0.138 e. The van der Waals surface area contributed by atoms with Crippen molar-refractivity contribution in [2.45, 2.75) is 32.6 Å². The molecule has 1 aliphatic carbocycles. The van der Waals surface area contributed by atoms with E-state index in [0.29, 0.717) is 0 Å². The number of aliphatic imine (C=N–C) groups is 1. The van der Waals surface area contributed by atoms with Crippen molar-refractivity contribution in [3.05, 3.63) is 41.0 Å². The van der Waals surface area contributed by atoms with Gasteiger partial charge in [0.05, 0.1) is 0 Å². The van der Waals surface area contributed by atoms with Crippen LogP contribution in [0.3, 0.4) is 0 Å². The van der Waals surface area contributed by atoms with Crippen LogP contribution in [0.25, 0.3) is 5.57 Å². The van der Waals surface area contributed by atoms with Gasteiger partial charge in [0.2, 0.25) is 0 Å². The summed E-state index contributed by atoms with van der Waals surface area (Å²) in [5, 5.41) is 0. The lowest BCUT2D eigenvalue weighted by atomic mass is 9.99. The number of amidine groups is 1. The zero-order valence-corrected chi connectivity index (χ0v) is 11.2. The third-order valence-electron chi connectivity index (χ3n) is 3.57. The Morgan fingerprint density at radius 2 is 2.00 bits per heavy atom. The van der Waals surface area contributed by atoms with E-state index in [1.807, 2.05) is 0 Å². The normalized spacial score (nSPS) is 16.3. The molecule has 0 spiro atoms. The molecule has 0 atom stereocenters. The lowest BCUT2D eigenvalue weighted by Crippen LogP contribution is -2.31. The molecule has 3 heteroatoms. The number of hydrogen-bond donors (Lipinski definition) is 2. The van der Waals surface area contributed by atoms with Gasteiger partial charge in [-0.05, 0) is 48.0 Å². The minimum Gasteiger partial charge on any atom is -0.309 e. The van der Waals surface area contributed by atoms with Gasteiger partial charge >= 0.3 is 0 Å². The summed E-state index contributed by atoms with van der Waals surface area (Å²) in [6.45, 7) is 2.18. The summed E-state index contributed by atoms with van der Waals surface area (Å²) in [4.78, 5) is 4.22. The molecule has 0 fully saturated rings. The molecule has 0 aliphatic heterocycles. The summed E-state index contributed by atoms with van der Waals surface area (Å²) < 4.78 is 0. The Labute approximate surface area is 109 Å². The van der Waals surface area contributed by atoms with Gasteiger partial charge in [0, 0.05) is 7.05 Å². The molecule has 0 aromatic heterocycles. The Balaban J connectivity index is 2.37. The molecule has 0 saturated heterocycles. The molecule has 0 radical (unpaired) electrons. The van der Waals surface area contributed by atoms with E-state index in [4.69, 9.17) is 5.84 Å².